The van der Waals surface area contributed by atoms with Gasteiger partial charge in [0.15, 0.2) is 0 Å². The van der Waals surface area contributed by atoms with Gasteiger partial charge in [0.25, 0.3) is 5.91 Å². The van der Waals surface area contributed by atoms with Crippen molar-refractivity contribution in [1.82, 2.24) is 14.4 Å². The van der Waals surface area contributed by atoms with Crippen LogP contribution in [0.25, 0.3) is 10.9 Å². The number of likely N-dealkylation sites (tertiary alicyclic amines) is 1. The highest BCUT2D eigenvalue weighted by Gasteiger charge is 2.29. The summed E-state index contributed by atoms with van der Waals surface area (Å²) in [5.74, 6) is 0.0719. The molecule has 0 saturated carbocycles. The number of β-amino-alcohol motifs (C(OH)–C–C–N with tert-alkyl or cyclic N) is 1. The van der Waals surface area contributed by atoms with Gasteiger partial charge in [-0.3, -0.25) is 4.79 Å². The van der Waals surface area contributed by atoms with Crippen molar-refractivity contribution in [1.29, 1.82) is 0 Å². The van der Waals surface area contributed by atoms with Gasteiger partial charge in [0.2, 0.25) is 0 Å². The Morgan fingerprint density at radius 1 is 1.08 bits per heavy atom. The Morgan fingerprint density at radius 3 is 2.64 bits per heavy atom. The lowest BCUT2D eigenvalue weighted by atomic mass is 10.0. The van der Waals surface area contributed by atoms with Crippen molar-refractivity contribution in [2.45, 2.75) is 38.3 Å². The quantitative estimate of drug-likeness (QED) is 0.927. The summed E-state index contributed by atoms with van der Waals surface area (Å²) >= 11 is 0. The third-order valence-corrected chi connectivity index (χ3v) is 5.63. The van der Waals surface area contributed by atoms with E-state index in [9.17, 15) is 9.90 Å². The minimum Gasteiger partial charge on any atom is -0.390 e. The van der Waals surface area contributed by atoms with E-state index >= 15 is 0 Å². The van der Waals surface area contributed by atoms with Crippen molar-refractivity contribution in [3.05, 3.63) is 35.5 Å². The number of aliphatic hydroxyl groups excluding tert-OH is 1. The summed E-state index contributed by atoms with van der Waals surface area (Å²) in [6.07, 6.45) is 4.16. The number of aliphatic hydroxyl groups is 1. The van der Waals surface area contributed by atoms with Crippen molar-refractivity contribution in [2.24, 2.45) is 0 Å². The maximum atomic E-state index is 12.8. The summed E-state index contributed by atoms with van der Waals surface area (Å²) in [5.41, 5.74) is 2.98. The Bertz CT molecular complexity index is 777. The highest BCUT2D eigenvalue weighted by molar-refractivity contribution is 6.02. The van der Waals surface area contributed by atoms with Crippen molar-refractivity contribution in [3.63, 3.8) is 0 Å². The molecule has 0 unspecified atom stereocenters. The summed E-state index contributed by atoms with van der Waals surface area (Å²) in [6, 6.07) is 8.20. The van der Waals surface area contributed by atoms with Gasteiger partial charge in [-0.15, -0.1) is 0 Å². The molecule has 5 heteroatoms. The number of carbonyl (C=O) groups is 1. The molecule has 1 amide bonds. The molecule has 3 heterocycles. The minimum atomic E-state index is -0.460. The Labute approximate surface area is 148 Å². The number of hydrogen-bond acceptors (Lipinski definition) is 3. The number of hydrogen-bond donors (Lipinski definition) is 1. The highest BCUT2D eigenvalue weighted by Crippen LogP contribution is 2.30. The minimum absolute atomic E-state index is 0.0719. The molecule has 0 spiro atoms. The molecule has 2 aliphatic heterocycles. The first-order chi connectivity index (χ1) is 12.1. The van der Waals surface area contributed by atoms with Crippen LogP contribution in [-0.4, -0.2) is 64.7 Å². The van der Waals surface area contributed by atoms with E-state index in [1.54, 1.807) is 4.90 Å². The lowest BCUT2D eigenvalue weighted by Gasteiger charge is -2.29. The van der Waals surface area contributed by atoms with E-state index in [2.05, 4.69) is 21.6 Å². The van der Waals surface area contributed by atoms with Crippen LogP contribution in [0.1, 0.15) is 35.3 Å². The largest absolute Gasteiger partial charge is 0.390 e. The SMILES string of the molecule is CN1CCc2c(n(C[C@@H](O)CN3CCCCC3)c3ccccc23)C1=O. The average Bonchev–Trinajstić information content (AvgIpc) is 2.93. The number of rotatable bonds is 4. The first kappa shape index (κ1) is 16.6. The van der Waals surface area contributed by atoms with Crippen molar-refractivity contribution < 1.29 is 9.90 Å². The molecule has 1 fully saturated rings. The monoisotopic (exact) mass is 341 g/mol. The molecule has 1 saturated heterocycles. The topological polar surface area (TPSA) is 48.7 Å². The van der Waals surface area contributed by atoms with Crippen LogP contribution < -0.4 is 0 Å². The van der Waals surface area contributed by atoms with Gasteiger partial charge in [-0.1, -0.05) is 24.6 Å². The zero-order valence-electron chi connectivity index (χ0n) is 14.9. The lowest BCUT2D eigenvalue weighted by Crippen LogP contribution is -2.39. The van der Waals surface area contributed by atoms with Crippen molar-refractivity contribution >= 4 is 16.8 Å². The normalized spacial score (nSPS) is 20.1. The number of carbonyl (C=O) groups excluding carboxylic acids is 1. The predicted octanol–water partition coefficient (Wildman–Crippen LogP) is 2.12. The van der Waals surface area contributed by atoms with E-state index in [-0.39, 0.29) is 5.91 Å². The average molecular weight is 341 g/mol. The van der Waals surface area contributed by atoms with Crippen LogP contribution in [0.5, 0.6) is 0 Å². The predicted molar refractivity (Wildman–Crippen MR) is 98.9 cm³/mol. The van der Waals surface area contributed by atoms with Gasteiger partial charge in [0.1, 0.15) is 5.69 Å². The summed E-state index contributed by atoms with van der Waals surface area (Å²) in [4.78, 5) is 16.9. The maximum absolute atomic E-state index is 12.8. The van der Waals surface area contributed by atoms with E-state index in [4.69, 9.17) is 0 Å². The summed E-state index contributed by atoms with van der Waals surface area (Å²) in [5, 5.41) is 11.9. The van der Waals surface area contributed by atoms with Crippen LogP contribution in [0.15, 0.2) is 24.3 Å². The van der Waals surface area contributed by atoms with Crippen LogP contribution in [0.3, 0.4) is 0 Å². The number of likely N-dealkylation sites (N-methyl/N-ethyl adjacent to an activating group) is 1. The van der Waals surface area contributed by atoms with Crippen LogP contribution in [0.4, 0.5) is 0 Å². The summed E-state index contributed by atoms with van der Waals surface area (Å²) in [7, 11) is 1.86. The van der Waals surface area contributed by atoms with Gasteiger partial charge < -0.3 is 19.5 Å². The molecule has 2 aromatic rings. The molecule has 1 N–H and O–H groups in total. The van der Waals surface area contributed by atoms with E-state index < -0.39 is 6.10 Å². The second kappa shape index (κ2) is 6.81. The van der Waals surface area contributed by atoms with Gasteiger partial charge in [0, 0.05) is 31.0 Å². The van der Waals surface area contributed by atoms with Gasteiger partial charge in [-0.05, 0) is 44.0 Å². The second-order valence-corrected chi connectivity index (χ2v) is 7.45. The first-order valence-electron chi connectivity index (χ1n) is 9.41. The van der Waals surface area contributed by atoms with Crippen LogP contribution in [0, 0.1) is 0 Å². The Hall–Kier alpha value is -1.85. The fourth-order valence-electron chi connectivity index (χ4n) is 4.33. The number of nitrogens with zero attached hydrogens (tertiary/aromatic N) is 3. The Balaban J connectivity index is 1.65. The summed E-state index contributed by atoms with van der Waals surface area (Å²) < 4.78 is 2.05. The van der Waals surface area contributed by atoms with Gasteiger partial charge in [-0.2, -0.15) is 0 Å². The van der Waals surface area contributed by atoms with Gasteiger partial charge in [-0.25, -0.2) is 0 Å². The molecular weight excluding hydrogens is 314 g/mol. The molecule has 1 aromatic heterocycles. The Kier molecular flexibility index (Phi) is 4.52. The fourth-order valence-corrected chi connectivity index (χ4v) is 4.33. The number of fused-ring (bicyclic) bond motifs is 3. The zero-order chi connectivity index (χ0) is 17.4. The number of piperidine rings is 1. The molecule has 0 bridgehead atoms. The molecule has 0 aliphatic carbocycles. The Morgan fingerprint density at radius 2 is 1.84 bits per heavy atom. The zero-order valence-corrected chi connectivity index (χ0v) is 14.9. The van der Waals surface area contributed by atoms with E-state index in [1.165, 1.54) is 19.3 Å². The lowest BCUT2D eigenvalue weighted by molar-refractivity contribution is 0.0743. The molecular formula is C20H27N3O2. The van der Waals surface area contributed by atoms with Crippen LogP contribution >= 0.6 is 0 Å². The van der Waals surface area contributed by atoms with Crippen LogP contribution in [0.2, 0.25) is 0 Å². The third-order valence-electron chi connectivity index (χ3n) is 5.63. The fraction of sp³-hybridized carbons (Fsp3) is 0.550. The number of aromatic nitrogens is 1. The van der Waals surface area contributed by atoms with Gasteiger partial charge >= 0.3 is 0 Å². The molecule has 0 radical (unpaired) electrons. The summed E-state index contributed by atoms with van der Waals surface area (Å²) in [6.45, 7) is 4.07. The first-order valence-corrected chi connectivity index (χ1v) is 9.41. The van der Waals surface area contributed by atoms with E-state index in [0.717, 1.165) is 48.2 Å². The molecule has 5 nitrogen and oxygen atoms in total. The molecule has 4 rings (SSSR count). The standard InChI is InChI=1S/C20H27N3O2/c1-21-12-9-17-16-7-3-4-8-18(16)23(19(17)20(21)25)14-15(24)13-22-10-5-2-6-11-22/h3-4,7-8,15,24H,2,5-6,9-14H2,1H3/t15-/m0/s1. The molecule has 2 aliphatic rings. The smallest absolute Gasteiger partial charge is 0.270 e. The van der Waals surface area contributed by atoms with Gasteiger partial charge in [0.05, 0.1) is 12.6 Å². The molecule has 1 atom stereocenters. The van der Waals surface area contributed by atoms with Crippen LogP contribution in [-0.2, 0) is 13.0 Å². The third kappa shape index (κ3) is 3.07. The van der Waals surface area contributed by atoms with E-state index in [1.807, 2.05) is 19.2 Å². The number of benzene rings is 1. The number of para-hydroxylation sites is 1. The van der Waals surface area contributed by atoms with E-state index in [0.29, 0.717) is 13.1 Å². The molecule has 134 valence electrons. The molecule has 1 aromatic carbocycles. The molecule has 25 heavy (non-hydrogen) atoms. The highest BCUT2D eigenvalue weighted by atomic mass is 16.3. The second-order valence-electron chi connectivity index (χ2n) is 7.45. The maximum Gasteiger partial charge on any atom is 0.270 e. The number of amides is 1. The van der Waals surface area contributed by atoms with Crippen molar-refractivity contribution in [2.75, 3.05) is 33.2 Å². The van der Waals surface area contributed by atoms with Crippen molar-refractivity contribution in [3.8, 4) is 0 Å².